The summed E-state index contributed by atoms with van der Waals surface area (Å²) in [5, 5.41) is 4.06. The molecular weight excluding hydrogens is 276 g/mol. The van der Waals surface area contributed by atoms with Crippen LogP contribution in [-0.4, -0.2) is 45.3 Å². The second-order valence-electron chi connectivity index (χ2n) is 5.00. The van der Waals surface area contributed by atoms with E-state index in [9.17, 15) is 0 Å². The smallest absolute Gasteiger partial charge is 0.179 e. The van der Waals surface area contributed by atoms with E-state index in [2.05, 4.69) is 10.2 Å². The molecule has 4 nitrogen and oxygen atoms in total. The van der Waals surface area contributed by atoms with Crippen molar-refractivity contribution in [2.75, 3.05) is 40.4 Å². The predicted molar refractivity (Wildman–Crippen MR) is 81.9 cm³/mol. The Hall–Kier alpha value is -0.970. The third-order valence-electron chi connectivity index (χ3n) is 3.68. The van der Waals surface area contributed by atoms with Gasteiger partial charge in [0.25, 0.3) is 0 Å². The molecule has 0 spiro atoms. The maximum absolute atomic E-state index is 6.34. The quantitative estimate of drug-likeness (QED) is 0.785. The van der Waals surface area contributed by atoms with Crippen LogP contribution in [0, 0.1) is 0 Å². The topological polar surface area (TPSA) is 33.7 Å². The molecule has 20 heavy (non-hydrogen) atoms. The van der Waals surface area contributed by atoms with Crippen molar-refractivity contribution in [1.29, 1.82) is 0 Å². The van der Waals surface area contributed by atoms with Gasteiger partial charge < -0.3 is 19.7 Å². The third-order valence-corrected chi connectivity index (χ3v) is 4.10. The van der Waals surface area contributed by atoms with Crippen LogP contribution in [0.2, 0.25) is 5.02 Å². The highest BCUT2D eigenvalue weighted by molar-refractivity contribution is 6.33. The molecule has 0 saturated carbocycles. The van der Waals surface area contributed by atoms with Crippen molar-refractivity contribution in [2.45, 2.75) is 19.4 Å². The largest absolute Gasteiger partial charge is 0.493 e. The van der Waals surface area contributed by atoms with Crippen LogP contribution in [0.15, 0.2) is 12.1 Å². The van der Waals surface area contributed by atoms with Gasteiger partial charge in [0.15, 0.2) is 11.5 Å². The van der Waals surface area contributed by atoms with E-state index in [4.69, 9.17) is 21.1 Å². The minimum atomic E-state index is 0.605. The monoisotopic (exact) mass is 298 g/mol. The summed E-state index contributed by atoms with van der Waals surface area (Å²) in [7, 11) is 3.22. The SMILES string of the molecule is COc1ccc(CNCCN2CCCC2)c(Cl)c1OC. The minimum absolute atomic E-state index is 0.605. The van der Waals surface area contributed by atoms with Gasteiger partial charge in [-0.05, 0) is 37.6 Å². The zero-order valence-corrected chi connectivity index (χ0v) is 13.0. The molecule has 112 valence electrons. The van der Waals surface area contributed by atoms with Gasteiger partial charge in [0.1, 0.15) is 0 Å². The van der Waals surface area contributed by atoms with Gasteiger partial charge in [-0.3, -0.25) is 0 Å². The standard InChI is InChI=1S/C15H23ClN2O2/c1-19-13-6-5-12(14(16)15(13)20-2)11-17-7-10-18-8-3-4-9-18/h5-6,17H,3-4,7-11H2,1-2H3. The Morgan fingerprint density at radius 1 is 1.20 bits per heavy atom. The fourth-order valence-electron chi connectivity index (χ4n) is 2.53. The molecule has 5 heteroatoms. The first-order chi connectivity index (χ1) is 9.76. The van der Waals surface area contributed by atoms with Crippen LogP contribution in [0.3, 0.4) is 0 Å². The molecule has 1 N–H and O–H groups in total. The summed E-state index contributed by atoms with van der Waals surface area (Å²) in [4.78, 5) is 2.49. The van der Waals surface area contributed by atoms with E-state index in [1.807, 2.05) is 12.1 Å². The number of methoxy groups -OCH3 is 2. The molecule has 1 aliphatic rings. The number of hydrogen-bond donors (Lipinski definition) is 1. The summed E-state index contributed by atoms with van der Waals surface area (Å²) in [6.07, 6.45) is 2.67. The molecule has 1 fully saturated rings. The van der Waals surface area contributed by atoms with Crippen molar-refractivity contribution in [2.24, 2.45) is 0 Å². The van der Waals surface area contributed by atoms with Crippen LogP contribution in [0.1, 0.15) is 18.4 Å². The van der Waals surface area contributed by atoms with Crippen molar-refractivity contribution in [1.82, 2.24) is 10.2 Å². The molecule has 0 aromatic heterocycles. The predicted octanol–water partition coefficient (Wildman–Crippen LogP) is 2.54. The van der Waals surface area contributed by atoms with Gasteiger partial charge in [-0.2, -0.15) is 0 Å². The van der Waals surface area contributed by atoms with Crippen LogP contribution in [0.25, 0.3) is 0 Å². The number of nitrogens with one attached hydrogen (secondary N) is 1. The maximum atomic E-state index is 6.34. The Kier molecular flexibility index (Phi) is 5.95. The average Bonchev–Trinajstić information content (AvgIpc) is 2.97. The highest BCUT2D eigenvalue weighted by atomic mass is 35.5. The molecule has 1 aromatic carbocycles. The highest BCUT2D eigenvalue weighted by Crippen LogP contribution is 2.37. The molecule has 0 unspecified atom stereocenters. The van der Waals surface area contributed by atoms with E-state index in [1.54, 1.807) is 14.2 Å². The number of likely N-dealkylation sites (tertiary alicyclic amines) is 1. The van der Waals surface area contributed by atoms with Crippen molar-refractivity contribution in [3.8, 4) is 11.5 Å². The third kappa shape index (κ3) is 3.78. The first-order valence-electron chi connectivity index (χ1n) is 7.08. The molecule has 0 radical (unpaired) electrons. The minimum Gasteiger partial charge on any atom is -0.493 e. The van der Waals surface area contributed by atoms with Gasteiger partial charge in [0.2, 0.25) is 0 Å². The summed E-state index contributed by atoms with van der Waals surface area (Å²) < 4.78 is 10.5. The molecular formula is C15H23ClN2O2. The summed E-state index contributed by atoms with van der Waals surface area (Å²) in [6.45, 7) is 5.29. The number of hydrogen-bond acceptors (Lipinski definition) is 4. The Balaban J connectivity index is 1.85. The lowest BCUT2D eigenvalue weighted by Gasteiger charge is -2.16. The fraction of sp³-hybridized carbons (Fsp3) is 0.600. The normalized spacial score (nSPS) is 15.6. The van der Waals surface area contributed by atoms with E-state index in [1.165, 1.54) is 25.9 Å². The number of benzene rings is 1. The summed E-state index contributed by atoms with van der Waals surface area (Å²) >= 11 is 6.34. The number of ether oxygens (including phenoxy) is 2. The Morgan fingerprint density at radius 3 is 2.60 bits per heavy atom. The van der Waals surface area contributed by atoms with Crippen LogP contribution < -0.4 is 14.8 Å². The summed E-state index contributed by atoms with van der Waals surface area (Å²) in [6, 6.07) is 3.87. The van der Waals surface area contributed by atoms with E-state index in [-0.39, 0.29) is 0 Å². The molecule has 0 atom stereocenters. The van der Waals surface area contributed by atoms with Crippen molar-refractivity contribution in [3.05, 3.63) is 22.7 Å². The molecule has 1 heterocycles. The average molecular weight is 299 g/mol. The van der Waals surface area contributed by atoms with Crippen molar-refractivity contribution < 1.29 is 9.47 Å². The molecule has 0 aliphatic carbocycles. The summed E-state index contributed by atoms with van der Waals surface area (Å²) in [5.74, 6) is 1.27. The number of rotatable bonds is 7. The lowest BCUT2D eigenvalue weighted by molar-refractivity contribution is 0.335. The van der Waals surface area contributed by atoms with Crippen molar-refractivity contribution in [3.63, 3.8) is 0 Å². The lowest BCUT2D eigenvalue weighted by Crippen LogP contribution is -2.29. The van der Waals surface area contributed by atoms with E-state index >= 15 is 0 Å². The van der Waals surface area contributed by atoms with Gasteiger partial charge in [0, 0.05) is 19.6 Å². The van der Waals surface area contributed by atoms with Crippen LogP contribution in [0.5, 0.6) is 11.5 Å². The molecule has 0 amide bonds. The van der Waals surface area contributed by atoms with E-state index in [0.29, 0.717) is 16.5 Å². The summed E-state index contributed by atoms with van der Waals surface area (Å²) in [5.41, 5.74) is 1.03. The highest BCUT2D eigenvalue weighted by Gasteiger charge is 2.13. The molecule has 0 bridgehead atoms. The maximum Gasteiger partial charge on any atom is 0.179 e. The first-order valence-corrected chi connectivity index (χ1v) is 7.46. The van der Waals surface area contributed by atoms with E-state index < -0.39 is 0 Å². The molecule has 2 rings (SSSR count). The Morgan fingerprint density at radius 2 is 1.95 bits per heavy atom. The van der Waals surface area contributed by atoms with Crippen LogP contribution in [-0.2, 0) is 6.54 Å². The lowest BCUT2D eigenvalue weighted by atomic mass is 10.2. The second kappa shape index (κ2) is 7.72. The van der Waals surface area contributed by atoms with Gasteiger partial charge in [-0.1, -0.05) is 17.7 Å². The van der Waals surface area contributed by atoms with Gasteiger partial charge in [0.05, 0.1) is 19.2 Å². The van der Waals surface area contributed by atoms with Crippen LogP contribution >= 0.6 is 11.6 Å². The van der Waals surface area contributed by atoms with Gasteiger partial charge in [-0.15, -0.1) is 0 Å². The first kappa shape index (κ1) is 15.4. The van der Waals surface area contributed by atoms with Gasteiger partial charge >= 0.3 is 0 Å². The zero-order valence-electron chi connectivity index (χ0n) is 12.2. The zero-order chi connectivity index (χ0) is 14.4. The fourth-order valence-corrected chi connectivity index (χ4v) is 2.83. The second-order valence-corrected chi connectivity index (χ2v) is 5.38. The molecule has 1 aromatic rings. The molecule has 1 saturated heterocycles. The molecule has 1 aliphatic heterocycles. The number of nitrogens with zero attached hydrogens (tertiary/aromatic N) is 1. The van der Waals surface area contributed by atoms with Crippen molar-refractivity contribution >= 4 is 11.6 Å². The Bertz CT molecular complexity index is 434. The Labute approximate surface area is 126 Å². The number of halogens is 1. The van der Waals surface area contributed by atoms with Crippen LogP contribution in [0.4, 0.5) is 0 Å². The van der Waals surface area contributed by atoms with Gasteiger partial charge in [-0.25, -0.2) is 0 Å². The van der Waals surface area contributed by atoms with E-state index in [0.717, 1.165) is 25.2 Å².